The molecule has 2 heterocycles. The summed E-state index contributed by atoms with van der Waals surface area (Å²) >= 11 is 1.65. The van der Waals surface area contributed by atoms with E-state index in [1.54, 1.807) is 11.8 Å². The standard InChI is InChI=1S/C15H19NO4S/c1-3-18-14(17)11-7-21-15(16-11)8-19-12-5-4-10(2)6-13(12)20-9-15/h4-6,11,16H,3,7-9H2,1-2H3. The highest BCUT2D eigenvalue weighted by Gasteiger charge is 2.45. The molecule has 1 N–H and O–H groups in total. The maximum Gasteiger partial charge on any atom is 0.324 e. The average molecular weight is 309 g/mol. The van der Waals surface area contributed by atoms with Crippen molar-refractivity contribution in [2.45, 2.75) is 24.8 Å². The molecule has 3 rings (SSSR count). The fourth-order valence-corrected chi connectivity index (χ4v) is 3.67. The highest BCUT2D eigenvalue weighted by molar-refractivity contribution is 8.01. The smallest absolute Gasteiger partial charge is 0.324 e. The number of thioether (sulfide) groups is 1. The third-order valence-corrected chi connectivity index (χ3v) is 4.96. The molecule has 0 aliphatic carbocycles. The summed E-state index contributed by atoms with van der Waals surface area (Å²) in [6, 6.07) is 5.59. The normalized spacial score (nSPS) is 27.4. The molecule has 0 saturated carbocycles. The van der Waals surface area contributed by atoms with Crippen LogP contribution in [0.15, 0.2) is 18.2 Å². The Morgan fingerprint density at radius 3 is 2.95 bits per heavy atom. The van der Waals surface area contributed by atoms with Crippen molar-refractivity contribution in [1.82, 2.24) is 5.32 Å². The van der Waals surface area contributed by atoms with Crippen molar-refractivity contribution in [3.8, 4) is 11.5 Å². The molecule has 1 fully saturated rings. The number of benzene rings is 1. The van der Waals surface area contributed by atoms with E-state index in [4.69, 9.17) is 14.2 Å². The van der Waals surface area contributed by atoms with Gasteiger partial charge < -0.3 is 14.2 Å². The van der Waals surface area contributed by atoms with E-state index in [-0.39, 0.29) is 12.0 Å². The molecule has 2 aliphatic heterocycles. The largest absolute Gasteiger partial charge is 0.487 e. The summed E-state index contributed by atoms with van der Waals surface area (Å²) in [5.41, 5.74) is 1.13. The molecular weight excluding hydrogens is 290 g/mol. The SMILES string of the molecule is CCOC(=O)C1CSC2(COc3ccc(C)cc3OC2)N1. The summed E-state index contributed by atoms with van der Waals surface area (Å²) < 4.78 is 16.8. The number of carbonyl (C=O) groups is 1. The molecule has 1 spiro atoms. The Labute approximate surface area is 128 Å². The Morgan fingerprint density at radius 2 is 2.19 bits per heavy atom. The lowest BCUT2D eigenvalue weighted by molar-refractivity contribution is -0.145. The molecule has 0 bridgehead atoms. The van der Waals surface area contributed by atoms with Crippen LogP contribution in [0.3, 0.4) is 0 Å². The molecule has 0 radical (unpaired) electrons. The van der Waals surface area contributed by atoms with Crippen molar-refractivity contribution in [1.29, 1.82) is 0 Å². The van der Waals surface area contributed by atoms with Crippen LogP contribution in [0, 0.1) is 6.92 Å². The van der Waals surface area contributed by atoms with Crippen LogP contribution in [-0.4, -0.2) is 42.5 Å². The third-order valence-electron chi connectivity index (χ3n) is 3.56. The second-order valence-corrected chi connectivity index (χ2v) is 6.69. The van der Waals surface area contributed by atoms with Crippen LogP contribution >= 0.6 is 11.8 Å². The van der Waals surface area contributed by atoms with E-state index in [0.717, 1.165) is 17.1 Å². The van der Waals surface area contributed by atoms with E-state index >= 15 is 0 Å². The first-order chi connectivity index (χ1) is 10.1. The molecule has 2 unspecified atom stereocenters. The molecule has 0 amide bonds. The number of carbonyl (C=O) groups excluding carboxylic acids is 1. The molecular formula is C15H19NO4S. The predicted octanol–water partition coefficient (Wildman–Crippen LogP) is 1.73. The summed E-state index contributed by atoms with van der Waals surface area (Å²) in [6.07, 6.45) is 0. The fourth-order valence-electron chi connectivity index (χ4n) is 2.46. The molecule has 114 valence electrons. The first-order valence-electron chi connectivity index (χ1n) is 7.06. The van der Waals surface area contributed by atoms with Crippen molar-refractivity contribution < 1.29 is 19.0 Å². The molecule has 1 aromatic rings. The maximum atomic E-state index is 11.8. The number of rotatable bonds is 2. The maximum absolute atomic E-state index is 11.8. The topological polar surface area (TPSA) is 56.8 Å². The molecule has 1 aromatic carbocycles. The van der Waals surface area contributed by atoms with Gasteiger partial charge >= 0.3 is 5.97 Å². The zero-order valence-corrected chi connectivity index (χ0v) is 13.0. The van der Waals surface area contributed by atoms with E-state index in [2.05, 4.69) is 5.32 Å². The van der Waals surface area contributed by atoms with E-state index in [0.29, 0.717) is 25.6 Å². The molecule has 5 nitrogen and oxygen atoms in total. The Hall–Kier alpha value is -1.40. The minimum atomic E-state index is -0.398. The lowest BCUT2D eigenvalue weighted by atomic mass is 10.2. The molecule has 1 saturated heterocycles. The van der Waals surface area contributed by atoms with Gasteiger partial charge in [-0.2, -0.15) is 0 Å². The molecule has 6 heteroatoms. The number of ether oxygens (including phenoxy) is 3. The molecule has 2 aliphatic rings. The van der Waals surface area contributed by atoms with Crippen molar-refractivity contribution in [2.24, 2.45) is 0 Å². The van der Waals surface area contributed by atoms with Gasteiger partial charge in [-0.15, -0.1) is 11.8 Å². The van der Waals surface area contributed by atoms with Crippen LogP contribution in [0.4, 0.5) is 0 Å². The van der Waals surface area contributed by atoms with Crippen molar-refractivity contribution in [3.63, 3.8) is 0 Å². The number of nitrogens with one attached hydrogen (secondary N) is 1. The quantitative estimate of drug-likeness (QED) is 0.840. The summed E-state index contributed by atoms with van der Waals surface area (Å²) in [5, 5.41) is 3.32. The summed E-state index contributed by atoms with van der Waals surface area (Å²) in [7, 11) is 0. The van der Waals surface area contributed by atoms with Crippen LogP contribution in [0.2, 0.25) is 0 Å². The van der Waals surface area contributed by atoms with Gasteiger partial charge in [0.1, 0.15) is 24.1 Å². The summed E-state index contributed by atoms with van der Waals surface area (Å²) in [4.78, 5) is 11.4. The van der Waals surface area contributed by atoms with E-state index in [1.165, 1.54) is 0 Å². The van der Waals surface area contributed by atoms with Gasteiger partial charge in [-0.3, -0.25) is 10.1 Å². The third kappa shape index (κ3) is 2.96. The highest BCUT2D eigenvalue weighted by atomic mass is 32.2. The van der Waals surface area contributed by atoms with Gasteiger partial charge in [-0.05, 0) is 31.5 Å². The second kappa shape index (κ2) is 5.77. The lowest BCUT2D eigenvalue weighted by Crippen LogP contribution is -2.52. The zero-order chi connectivity index (χ0) is 14.9. The van der Waals surface area contributed by atoms with E-state index in [1.807, 2.05) is 32.0 Å². The number of hydrogen-bond donors (Lipinski definition) is 1. The minimum Gasteiger partial charge on any atom is -0.487 e. The Kier molecular flexibility index (Phi) is 3.99. The Bertz CT molecular complexity index is 550. The first-order valence-corrected chi connectivity index (χ1v) is 8.05. The summed E-state index contributed by atoms with van der Waals surface area (Å²) in [6.45, 7) is 5.15. The monoisotopic (exact) mass is 309 g/mol. The number of hydrogen-bond acceptors (Lipinski definition) is 6. The van der Waals surface area contributed by atoms with Gasteiger partial charge in [-0.25, -0.2) is 0 Å². The van der Waals surface area contributed by atoms with Crippen LogP contribution < -0.4 is 14.8 Å². The highest BCUT2D eigenvalue weighted by Crippen LogP contribution is 2.38. The Balaban J connectivity index is 1.71. The number of esters is 1. The van der Waals surface area contributed by atoms with Crippen LogP contribution in [0.25, 0.3) is 0 Å². The van der Waals surface area contributed by atoms with Gasteiger partial charge in [-0.1, -0.05) is 6.07 Å². The first kappa shape index (κ1) is 14.5. The van der Waals surface area contributed by atoms with Gasteiger partial charge in [0, 0.05) is 5.75 Å². The van der Waals surface area contributed by atoms with Crippen LogP contribution in [0.5, 0.6) is 11.5 Å². The summed E-state index contributed by atoms with van der Waals surface area (Å²) in [5.74, 6) is 1.97. The van der Waals surface area contributed by atoms with Crippen molar-refractivity contribution in [3.05, 3.63) is 23.8 Å². The fraction of sp³-hybridized carbons (Fsp3) is 0.533. The van der Waals surface area contributed by atoms with E-state index < -0.39 is 4.87 Å². The predicted molar refractivity (Wildman–Crippen MR) is 80.9 cm³/mol. The average Bonchev–Trinajstić information content (AvgIpc) is 2.81. The van der Waals surface area contributed by atoms with Gasteiger partial charge in [0.05, 0.1) is 6.61 Å². The Morgan fingerprint density at radius 1 is 1.43 bits per heavy atom. The molecule has 2 atom stereocenters. The zero-order valence-electron chi connectivity index (χ0n) is 12.2. The van der Waals surface area contributed by atoms with Crippen molar-refractivity contribution >= 4 is 17.7 Å². The van der Waals surface area contributed by atoms with Crippen LogP contribution in [0.1, 0.15) is 12.5 Å². The number of aryl methyl sites for hydroxylation is 1. The van der Waals surface area contributed by atoms with Gasteiger partial charge in [0.15, 0.2) is 11.5 Å². The lowest BCUT2D eigenvalue weighted by Gasteiger charge is -2.25. The van der Waals surface area contributed by atoms with Crippen molar-refractivity contribution in [2.75, 3.05) is 25.6 Å². The molecule has 21 heavy (non-hydrogen) atoms. The van der Waals surface area contributed by atoms with Gasteiger partial charge in [0.2, 0.25) is 0 Å². The molecule has 0 aromatic heterocycles. The van der Waals surface area contributed by atoms with E-state index in [9.17, 15) is 4.79 Å². The second-order valence-electron chi connectivity index (χ2n) is 5.28. The van der Waals surface area contributed by atoms with Gasteiger partial charge in [0.25, 0.3) is 0 Å². The number of fused-ring (bicyclic) bond motifs is 1. The minimum absolute atomic E-state index is 0.209. The van der Waals surface area contributed by atoms with Crippen LogP contribution in [-0.2, 0) is 9.53 Å².